The van der Waals surface area contributed by atoms with Crippen LogP contribution in [0.25, 0.3) is 11.0 Å². The summed E-state index contributed by atoms with van der Waals surface area (Å²) >= 11 is 0. The van der Waals surface area contributed by atoms with Gasteiger partial charge < -0.3 is 9.88 Å². The molecule has 0 aliphatic heterocycles. The summed E-state index contributed by atoms with van der Waals surface area (Å²) in [6.07, 6.45) is 2.39. The van der Waals surface area contributed by atoms with Gasteiger partial charge in [0.15, 0.2) is 0 Å². The summed E-state index contributed by atoms with van der Waals surface area (Å²) in [7, 11) is 1.91. The summed E-state index contributed by atoms with van der Waals surface area (Å²) in [6.45, 7) is 0.505. The molecule has 4 nitrogen and oxygen atoms in total. The minimum Gasteiger partial charge on any atom is -0.352 e. The molecule has 0 atom stereocenters. The van der Waals surface area contributed by atoms with Crippen LogP contribution in [0.2, 0.25) is 0 Å². The van der Waals surface area contributed by atoms with Crippen molar-refractivity contribution in [2.45, 2.75) is 6.42 Å². The van der Waals surface area contributed by atoms with Crippen LogP contribution < -0.4 is 5.32 Å². The monoisotopic (exact) mass is 297 g/mol. The fraction of sp³-hybridized carbons (Fsp3) is 0.176. The highest BCUT2D eigenvalue weighted by atomic mass is 19.1. The van der Waals surface area contributed by atoms with Crippen molar-refractivity contribution in [1.82, 2.24) is 14.9 Å². The van der Waals surface area contributed by atoms with Crippen LogP contribution >= 0.6 is 0 Å². The molecule has 1 aromatic heterocycles. The van der Waals surface area contributed by atoms with E-state index in [2.05, 4.69) is 10.3 Å². The second kappa shape index (κ2) is 5.97. The lowest BCUT2D eigenvalue weighted by Crippen LogP contribution is -2.25. The Morgan fingerprint density at radius 3 is 2.77 bits per heavy atom. The highest BCUT2D eigenvalue weighted by Gasteiger charge is 2.08. The van der Waals surface area contributed by atoms with Crippen molar-refractivity contribution < 1.29 is 9.18 Å². The first-order chi connectivity index (χ1) is 10.6. The van der Waals surface area contributed by atoms with Gasteiger partial charge in [-0.15, -0.1) is 0 Å². The maximum absolute atomic E-state index is 12.8. The van der Waals surface area contributed by atoms with Crippen LogP contribution in [0, 0.1) is 5.82 Å². The molecule has 0 saturated carbocycles. The fourth-order valence-electron chi connectivity index (χ4n) is 2.35. The first-order valence-electron chi connectivity index (χ1n) is 7.07. The minimum atomic E-state index is -0.253. The number of carbonyl (C=O) groups excluding carboxylic acids is 1. The Morgan fingerprint density at radius 2 is 2.00 bits per heavy atom. The van der Waals surface area contributed by atoms with E-state index in [9.17, 15) is 9.18 Å². The van der Waals surface area contributed by atoms with Gasteiger partial charge in [0.2, 0.25) is 0 Å². The average molecular weight is 297 g/mol. The van der Waals surface area contributed by atoms with Crippen LogP contribution in [0.15, 0.2) is 48.8 Å². The zero-order valence-electron chi connectivity index (χ0n) is 12.2. The van der Waals surface area contributed by atoms with Gasteiger partial charge in [-0.05, 0) is 42.3 Å². The van der Waals surface area contributed by atoms with Crippen LogP contribution in [0.5, 0.6) is 0 Å². The lowest BCUT2D eigenvalue weighted by Gasteiger charge is -2.06. The highest BCUT2D eigenvalue weighted by molar-refractivity contribution is 5.97. The predicted octanol–water partition coefficient (Wildman–Crippen LogP) is 2.68. The summed E-state index contributed by atoms with van der Waals surface area (Å²) in [5, 5.41) is 2.87. The van der Waals surface area contributed by atoms with E-state index in [-0.39, 0.29) is 11.7 Å². The van der Waals surface area contributed by atoms with Crippen molar-refractivity contribution in [3.8, 4) is 0 Å². The first kappa shape index (κ1) is 14.3. The number of amides is 1. The van der Waals surface area contributed by atoms with E-state index in [4.69, 9.17) is 0 Å². The molecule has 0 aliphatic rings. The normalized spacial score (nSPS) is 10.8. The summed E-state index contributed by atoms with van der Waals surface area (Å²) in [4.78, 5) is 16.4. The maximum atomic E-state index is 12.8. The van der Waals surface area contributed by atoms with E-state index >= 15 is 0 Å². The summed E-state index contributed by atoms with van der Waals surface area (Å²) in [6, 6.07) is 11.7. The van der Waals surface area contributed by atoms with E-state index < -0.39 is 0 Å². The largest absolute Gasteiger partial charge is 0.352 e. The van der Waals surface area contributed by atoms with E-state index in [0.29, 0.717) is 18.5 Å². The lowest BCUT2D eigenvalue weighted by molar-refractivity contribution is 0.0954. The molecule has 0 spiro atoms. The smallest absolute Gasteiger partial charge is 0.251 e. The van der Waals surface area contributed by atoms with Crippen molar-refractivity contribution in [2.24, 2.45) is 7.05 Å². The Hall–Kier alpha value is -2.69. The molecule has 3 aromatic rings. The number of benzene rings is 2. The van der Waals surface area contributed by atoms with E-state index in [0.717, 1.165) is 16.6 Å². The van der Waals surface area contributed by atoms with Crippen LogP contribution in [-0.2, 0) is 13.5 Å². The molecule has 0 fully saturated rings. The Bertz CT molecular complexity index is 808. The Kier molecular flexibility index (Phi) is 3.87. The molecule has 2 aromatic carbocycles. The number of carbonyl (C=O) groups is 1. The number of aromatic nitrogens is 2. The van der Waals surface area contributed by atoms with Crippen molar-refractivity contribution in [2.75, 3.05) is 6.54 Å². The van der Waals surface area contributed by atoms with Crippen LogP contribution in [0.3, 0.4) is 0 Å². The van der Waals surface area contributed by atoms with Gasteiger partial charge in [-0.25, -0.2) is 9.37 Å². The third-order valence-corrected chi connectivity index (χ3v) is 3.60. The topological polar surface area (TPSA) is 46.9 Å². The third-order valence-electron chi connectivity index (χ3n) is 3.60. The van der Waals surface area contributed by atoms with Crippen LogP contribution in [0.4, 0.5) is 4.39 Å². The Balaban J connectivity index is 1.62. The standard InChI is InChI=1S/C17H16FN3O/c1-21-11-20-15-10-13(4-7-16(15)21)17(22)19-9-8-12-2-5-14(18)6-3-12/h2-7,10-11H,8-9H2,1H3,(H,19,22). The van der Waals surface area contributed by atoms with Gasteiger partial charge in [0.1, 0.15) is 5.82 Å². The molecule has 1 N–H and O–H groups in total. The van der Waals surface area contributed by atoms with Crippen LogP contribution in [0.1, 0.15) is 15.9 Å². The van der Waals surface area contributed by atoms with Gasteiger partial charge in [-0.3, -0.25) is 4.79 Å². The van der Waals surface area contributed by atoms with E-state index in [1.54, 1.807) is 30.6 Å². The predicted molar refractivity (Wildman–Crippen MR) is 83.2 cm³/mol. The summed E-state index contributed by atoms with van der Waals surface area (Å²) < 4.78 is 14.7. The van der Waals surface area contributed by atoms with Crippen molar-refractivity contribution in [3.63, 3.8) is 0 Å². The number of hydrogen-bond donors (Lipinski definition) is 1. The Labute approximate surface area is 127 Å². The zero-order chi connectivity index (χ0) is 15.5. The zero-order valence-corrected chi connectivity index (χ0v) is 12.2. The number of imidazole rings is 1. The van der Waals surface area contributed by atoms with Gasteiger partial charge >= 0.3 is 0 Å². The molecule has 0 aliphatic carbocycles. The number of nitrogens with one attached hydrogen (secondary N) is 1. The quantitative estimate of drug-likeness (QED) is 0.805. The van der Waals surface area contributed by atoms with Gasteiger partial charge in [-0.2, -0.15) is 0 Å². The van der Waals surface area contributed by atoms with Gasteiger partial charge in [-0.1, -0.05) is 12.1 Å². The fourth-order valence-corrected chi connectivity index (χ4v) is 2.35. The van der Waals surface area contributed by atoms with E-state index in [1.807, 2.05) is 17.7 Å². The minimum absolute atomic E-state index is 0.130. The molecular weight excluding hydrogens is 281 g/mol. The molecule has 3 rings (SSSR count). The van der Waals surface area contributed by atoms with Gasteiger partial charge in [0.05, 0.1) is 17.4 Å². The number of nitrogens with zero attached hydrogens (tertiary/aromatic N) is 2. The van der Waals surface area contributed by atoms with Gasteiger partial charge in [0.25, 0.3) is 5.91 Å². The number of fused-ring (bicyclic) bond motifs is 1. The highest BCUT2D eigenvalue weighted by Crippen LogP contribution is 2.13. The number of halogens is 1. The van der Waals surface area contributed by atoms with Gasteiger partial charge in [0, 0.05) is 19.2 Å². The molecule has 1 heterocycles. The molecule has 0 bridgehead atoms. The Morgan fingerprint density at radius 1 is 1.23 bits per heavy atom. The van der Waals surface area contributed by atoms with E-state index in [1.165, 1.54) is 12.1 Å². The molecule has 0 unspecified atom stereocenters. The van der Waals surface area contributed by atoms with Crippen LogP contribution in [-0.4, -0.2) is 22.0 Å². The molecule has 0 radical (unpaired) electrons. The van der Waals surface area contributed by atoms with Crippen molar-refractivity contribution in [1.29, 1.82) is 0 Å². The second-order valence-corrected chi connectivity index (χ2v) is 5.19. The SMILES string of the molecule is Cn1cnc2cc(C(=O)NCCc3ccc(F)cc3)ccc21. The molecule has 0 saturated heterocycles. The lowest BCUT2D eigenvalue weighted by atomic mass is 10.1. The number of rotatable bonds is 4. The third kappa shape index (κ3) is 2.98. The molecule has 22 heavy (non-hydrogen) atoms. The molecule has 1 amide bonds. The average Bonchev–Trinajstić information content (AvgIpc) is 2.90. The molecule has 112 valence electrons. The summed E-state index contributed by atoms with van der Waals surface area (Å²) in [5.74, 6) is -0.383. The second-order valence-electron chi connectivity index (χ2n) is 5.19. The molecule has 5 heteroatoms. The number of aryl methyl sites for hydroxylation is 1. The summed E-state index contributed by atoms with van der Waals surface area (Å²) in [5.41, 5.74) is 3.36. The maximum Gasteiger partial charge on any atom is 0.251 e. The molecular formula is C17H16FN3O. The number of hydrogen-bond acceptors (Lipinski definition) is 2. The first-order valence-corrected chi connectivity index (χ1v) is 7.07. The van der Waals surface area contributed by atoms with Crippen molar-refractivity contribution in [3.05, 3.63) is 65.7 Å². The van der Waals surface area contributed by atoms with Crippen molar-refractivity contribution >= 4 is 16.9 Å².